The van der Waals surface area contributed by atoms with Crippen LogP contribution in [0.1, 0.15) is 17.5 Å². The van der Waals surface area contributed by atoms with Crippen LogP contribution in [0.3, 0.4) is 0 Å². The van der Waals surface area contributed by atoms with Crippen molar-refractivity contribution in [3.63, 3.8) is 0 Å². The van der Waals surface area contributed by atoms with Crippen LogP contribution in [0, 0.1) is 23.2 Å². The van der Waals surface area contributed by atoms with E-state index in [4.69, 9.17) is 15.1 Å². The molecule has 0 heterocycles. The van der Waals surface area contributed by atoms with Gasteiger partial charge in [0, 0.05) is 11.1 Å². The molecule has 0 saturated heterocycles. The minimum Gasteiger partial charge on any atom is -0.496 e. The van der Waals surface area contributed by atoms with Crippen molar-refractivity contribution in [1.82, 2.24) is 0 Å². The Hall–Kier alpha value is -1.97. The number of nitrogens with zero attached hydrogens (tertiary/aromatic N) is 1. The average Bonchev–Trinajstić information content (AvgIpc) is 2.29. The summed E-state index contributed by atoms with van der Waals surface area (Å²) < 4.78 is 5.09. The average molecular weight is 201 g/mol. The van der Waals surface area contributed by atoms with Crippen LogP contribution in [0.25, 0.3) is 0 Å². The largest absolute Gasteiger partial charge is 0.496 e. The fourth-order valence-corrected chi connectivity index (χ4v) is 1.14. The summed E-state index contributed by atoms with van der Waals surface area (Å²) in [6.07, 6.45) is 0.212. The van der Waals surface area contributed by atoms with Crippen molar-refractivity contribution in [3.8, 4) is 23.7 Å². The second kappa shape index (κ2) is 5.70. The number of hydrogen-bond donors (Lipinski definition) is 1. The summed E-state index contributed by atoms with van der Waals surface area (Å²) in [5, 5.41) is 17.3. The quantitative estimate of drug-likeness (QED) is 0.737. The van der Waals surface area contributed by atoms with Gasteiger partial charge in [-0.25, -0.2) is 0 Å². The standard InChI is InChI=1S/C12H11NO2/c1-15-12-8-10(4-2-3-7-13)5-6-11(12)9-14/h5-6,8,14H,3,9H2,1H3. The first-order valence-electron chi connectivity index (χ1n) is 4.45. The maximum atomic E-state index is 9.00. The Kier molecular flexibility index (Phi) is 4.22. The molecule has 3 heteroatoms. The first-order chi connectivity index (χ1) is 7.31. The van der Waals surface area contributed by atoms with E-state index in [1.165, 1.54) is 0 Å². The van der Waals surface area contributed by atoms with Gasteiger partial charge in [-0.2, -0.15) is 5.26 Å². The highest BCUT2D eigenvalue weighted by molar-refractivity contribution is 5.44. The zero-order chi connectivity index (χ0) is 11.1. The third kappa shape index (κ3) is 3.02. The van der Waals surface area contributed by atoms with Gasteiger partial charge in [-0.05, 0) is 12.1 Å². The molecule has 0 spiro atoms. The predicted molar refractivity (Wildman–Crippen MR) is 56.0 cm³/mol. The van der Waals surface area contributed by atoms with Crippen molar-refractivity contribution < 1.29 is 9.84 Å². The van der Waals surface area contributed by atoms with Crippen molar-refractivity contribution in [2.75, 3.05) is 7.11 Å². The molecule has 0 aliphatic carbocycles. The Morgan fingerprint density at radius 3 is 2.87 bits per heavy atom. The van der Waals surface area contributed by atoms with Gasteiger partial charge >= 0.3 is 0 Å². The van der Waals surface area contributed by atoms with Gasteiger partial charge in [-0.1, -0.05) is 17.9 Å². The van der Waals surface area contributed by atoms with Crippen LogP contribution >= 0.6 is 0 Å². The van der Waals surface area contributed by atoms with Gasteiger partial charge < -0.3 is 9.84 Å². The third-order valence-electron chi connectivity index (χ3n) is 1.86. The van der Waals surface area contributed by atoms with Gasteiger partial charge in [-0.3, -0.25) is 0 Å². The molecule has 15 heavy (non-hydrogen) atoms. The Morgan fingerprint density at radius 2 is 2.27 bits per heavy atom. The van der Waals surface area contributed by atoms with Gasteiger partial charge in [0.2, 0.25) is 0 Å². The summed E-state index contributed by atoms with van der Waals surface area (Å²) in [6.45, 7) is -0.0604. The van der Waals surface area contributed by atoms with Crippen LogP contribution in [0.15, 0.2) is 18.2 Å². The molecule has 76 valence electrons. The Labute approximate surface area is 88.9 Å². The van der Waals surface area contributed by atoms with Crippen LogP contribution in [-0.2, 0) is 6.61 Å². The van der Waals surface area contributed by atoms with Crippen LogP contribution in [0.5, 0.6) is 5.75 Å². The van der Waals surface area contributed by atoms with Crippen LogP contribution in [0.4, 0.5) is 0 Å². The van der Waals surface area contributed by atoms with Gasteiger partial charge in [-0.15, -0.1) is 0 Å². The first-order valence-corrected chi connectivity index (χ1v) is 4.45. The lowest BCUT2D eigenvalue weighted by Gasteiger charge is -2.05. The normalized spacial score (nSPS) is 8.60. The predicted octanol–water partition coefficient (Wildman–Crippen LogP) is 1.45. The van der Waals surface area contributed by atoms with E-state index >= 15 is 0 Å². The third-order valence-corrected chi connectivity index (χ3v) is 1.86. The molecule has 0 aromatic heterocycles. The molecule has 0 radical (unpaired) electrons. The van der Waals surface area contributed by atoms with Crippen molar-refractivity contribution in [3.05, 3.63) is 29.3 Å². The van der Waals surface area contributed by atoms with E-state index in [-0.39, 0.29) is 13.0 Å². The number of aliphatic hydroxyl groups excluding tert-OH is 1. The summed E-state index contributed by atoms with van der Waals surface area (Å²) in [4.78, 5) is 0. The molecule has 1 N–H and O–H groups in total. The van der Waals surface area contributed by atoms with E-state index in [1.54, 1.807) is 25.3 Å². The van der Waals surface area contributed by atoms with Gasteiger partial charge in [0.15, 0.2) is 0 Å². The minimum atomic E-state index is -0.0604. The summed E-state index contributed by atoms with van der Waals surface area (Å²) in [5.74, 6) is 6.16. The molecule has 0 saturated carbocycles. The molecule has 0 aliphatic rings. The lowest BCUT2D eigenvalue weighted by molar-refractivity contribution is 0.274. The molecule has 1 aromatic rings. The van der Waals surface area contributed by atoms with E-state index < -0.39 is 0 Å². The molecule has 0 aliphatic heterocycles. The Morgan fingerprint density at radius 1 is 1.47 bits per heavy atom. The van der Waals surface area contributed by atoms with Gasteiger partial charge in [0.1, 0.15) is 5.75 Å². The molecular formula is C12H11NO2. The topological polar surface area (TPSA) is 53.2 Å². The van der Waals surface area contributed by atoms with Gasteiger partial charge in [0.05, 0.1) is 26.2 Å². The Bertz CT molecular complexity index is 435. The van der Waals surface area contributed by atoms with Crippen molar-refractivity contribution in [2.24, 2.45) is 0 Å². The van der Waals surface area contributed by atoms with Crippen molar-refractivity contribution >= 4 is 0 Å². The maximum Gasteiger partial charge on any atom is 0.125 e. The van der Waals surface area contributed by atoms with E-state index in [2.05, 4.69) is 11.8 Å². The summed E-state index contributed by atoms with van der Waals surface area (Å²) in [7, 11) is 1.54. The van der Waals surface area contributed by atoms with Crippen LogP contribution in [0.2, 0.25) is 0 Å². The molecular weight excluding hydrogens is 190 g/mol. The maximum absolute atomic E-state index is 9.00. The highest BCUT2D eigenvalue weighted by atomic mass is 16.5. The van der Waals surface area contributed by atoms with Gasteiger partial charge in [0.25, 0.3) is 0 Å². The number of aliphatic hydroxyl groups is 1. The van der Waals surface area contributed by atoms with Crippen LogP contribution < -0.4 is 4.74 Å². The number of hydrogen-bond acceptors (Lipinski definition) is 3. The number of methoxy groups -OCH3 is 1. The lowest BCUT2D eigenvalue weighted by Crippen LogP contribution is -1.92. The van der Waals surface area contributed by atoms with E-state index in [0.717, 1.165) is 11.1 Å². The SMILES string of the molecule is COc1cc(C#CCC#N)ccc1CO. The molecule has 1 rings (SSSR count). The van der Waals surface area contributed by atoms with Crippen molar-refractivity contribution in [1.29, 1.82) is 5.26 Å². The summed E-state index contributed by atoms with van der Waals surface area (Å²) in [6, 6.07) is 7.24. The molecule has 1 aromatic carbocycles. The smallest absolute Gasteiger partial charge is 0.125 e. The fourth-order valence-electron chi connectivity index (χ4n) is 1.14. The monoisotopic (exact) mass is 201 g/mol. The molecule has 0 unspecified atom stereocenters. The number of nitriles is 1. The number of rotatable bonds is 2. The second-order valence-corrected chi connectivity index (χ2v) is 2.82. The summed E-state index contributed by atoms with van der Waals surface area (Å²) >= 11 is 0. The van der Waals surface area contributed by atoms with Crippen LogP contribution in [-0.4, -0.2) is 12.2 Å². The zero-order valence-electron chi connectivity index (χ0n) is 8.45. The highest BCUT2D eigenvalue weighted by Crippen LogP contribution is 2.19. The second-order valence-electron chi connectivity index (χ2n) is 2.82. The minimum absolute atomic E-state index is 0.0604. The van der Waals surface area contributed by atoms with E-state index in [1.807, 2.05) is 6.07 Å². The number of benzene rings is 1. The molecule has 0 bridgehead atoms. The lowest BCUT2D eigenvalue weighted by atomic mass is 10.1. The number of ether oxygens (including phenoxy) is 1. The first kappa shape index (κ1) is 11.1. The van der Waals surface area contributed by atoms with E-state index in [0.29, 0.717) is 5.75 Å². The molecule has 0 amide bonds. The highest BCUT2D eigenvalue weighted by Gasteiger charge is 2.01. The molecule has 0 fully saturated rings. The molecule has 0 atom stereocenters. The summed E-state index contributed by atoms with van der Waals surface area (Å²) in [5.41, 5.74) is 1.50. The van der Waals surface area contributed by atoms with E-state index in [9.17, 15) is 0 Å². The van der Waals surface area contributed by atoms with Crippen molar-refractivity contribution in [2.45, 2.75) is 13.0 Å². The molecule has 3 nitrogen and oxygen atoms in total. The fraction of sp³-hybridized carbons (Fsp3) is 0.250. The zero-order valence-corrected chi connectivity index (χ0v) is 8.45. The Balaban J connectivity index is 2.95.